The van der Waals surface area contributed by atoms with Crippen LogP contribution in [-0.2, 0) is 9.84 Å². The number of hydrogen-bond acceptors (Lipinski definition) is 4. The molecule has 0 unspecified atom stereocenters. The van der Waals surface area contributed by atoms with Crippen LogP contribution < -0.4 is 5.32 Å². The average Bonchev–Trinajstić information content (AvgIpc) is 3.20. The van der Waals surface area contributed by atoms with Crippen LogP contribution in [0.25, 0.3) is 10.9 Å². The number of nitrogens with one attached hydrogen (secondary N) is 2. The fourth-order valence-corrected chi connectivity index (χ4v) is 5.02. The van der Waals surface area contributed by atoms with E-state index in [0.717, 1.165) is 0 Å². The lowest BCUT2D eigenvalue weighted by molar-refractivity contribution is 0.0698. The average molecular weight is 499 g/mol. The monoisotopic (exact) mass is 498 g/mol. The first-order valence-electron chi connectivity index (χ1n) is 9.03. The molecule has 1 heterocycles. The molecule has 31 heavy (non-hydrogen) atoms. The third-order valence-corrected chi connectivity index (χ3v) is 6.97. The number of sulfone groups is 1. The van der Waals surface area contributed by atoms with Gasteiger partial charge in [-0.2, -0.15) is 0 Å². The van der Waals surface area contributed by atoms with E-state index < -0.39 is 21.7 Å². The molecule has 0 atom stereocenters. The first kappa shape index (κ1) is 20.8. The first-order chi connectivity index (χ1) is 14.8. The van der Waals surface area contributed by atoms with E-state index in [4.69, 9.17) is 0 Å². The molecule has 0 aliphatic rings. The second kappa shape index (κ2) is 8.01. The van der Waals surface area contributed by atoms with Crippen molar-refractivity contribution < 1.29 is 23.1 Å². The number of aromatic nitrogens is 1. The predicted molar refractivity (Wildman–Crippen MR) is 119 cm³/mol. The first-order valence-corrected chi connectivity index (χ1v) is 11.3. The summed E-state index contributed by atoms with van der Waals surface area (Å²) < 4.78 is 26.7. The van der Waals surface area contributed by atoms with Crippen LogP contribution in [0.5, 0.6) is 0 Å². The lowest BCUT2D eigenvalue weighted by atomic mass is 10.1. The van der Waals surface area contributed by atoms with Crippen molar-refractivity contribution in [2.24, 2.45) is 0 Å². The van der Waals surface area contributed by atoms with Crippen molar-refractivity contribution in [2.75, 3.05) is 5.32 Å². The summed E-state index contributed by atoms with van der Waals surface area (Å²) in [7, 11) is -3.81. The Morgan fingerprint density at radius 1 is 0.935 bits per heavy atom. The number of rotatable bonds is 5. The second-order valence-electron chi connectivity index (χ2n) is 6.67. The number of anilines is 1. The highest BCUT2D eigenvalue weighted by Gasteiger charge is 2.22. The molecule has 156 valence electrons. The Bertz CT molecular complexity index is 1430. The third kappa shape index (κ3) is 3.97. The number of benzene rings is 3. The Morgan fingerprint density at radius 2 is 1.68 bits per heavy atom. The van der Waals surface area contributed by atoms with Gasteiger partial charge in [0.15, 0.2) is 0 Å². The molecule has 1 amide bonds. The molecule has 7 nitrogen and oxygen atoms in total. The Kier molecular flexibility index (Phi) is 5.38. The van der Waals surface area contributed by atoms with Crippen molar-refractivity contribution in [1.82, 2.24) is 4.98 Å². The van der Waals surface area contributed by atoms with E-state index in [0.29, 0.717) is 15.4 Å². The summed E-state index contributed by atoms with van der Waals surface area (Å²) in [5.74, 6) is -1.78. The van der Waals surface area contributed by atoms with Crippen molar-refractivity contribution in [3.8, 4) is 0 Å². The smallest absolute Gasteiger partial charge is 0.337 e. The van der Waals surface area contributed by atoms with Crippen molar-refractivity contribution in [3.05, 3.63) is 88.5 Å². The van der Waals surface area contributed by atoms with Gasteiger partial charge in [-0.05, 0) is 42.5 Å². The standard InChI is InChI=1S/C22H15BrN2O5S/c23-14-9-10-17(16(12-14)22(27)28)25-21(26)18-11-13-5-4-8-19(20(13)24-18)31(29,30)15-6-2-1-3-7-15/h1-12,24H,(H,25,26)(H,27,28). The molecule has 3 N–H and O–H groups in total. The number of aromatic carboxylic acids is 1. The van der Waals surface area contributed by atoms with Crippen molar-refractivity contribution in [1.29, 1.82) is 0 Å². The number of hydrogen-bond donors (Lipinski definition) is 3. The number of amides is 1. The predicted octanol–water partition coefficient (Wildman–Crippen LogP) is 4.71. The molecular formula is C22H15BrN2O5S. The van der Waals surface area contributed by atoms with Gasteiger partial charge in [-0.15, -0.1) is 0 Å². The minimum atomic E-state index is -3.81. The summed E-state index contributed by atoms with van der Waals surface area (Å²) in [6.07, 6.45) is 0. The molecule has 1 aromatic heterocycles. The van der Waals surface area contributed by atoms with E-state index in [-0.39, 0.29) is 26.7 Å². The summed E-state index contributed by atoms with van der Waals surface area (Å²) in [4.78, 5) is 27.3. The zero-order valence-electron chi connectivity index (χ0n) is 15.8. The van der Waals surface area contributed by atoms with Crippen LogP contribution in [0.1, 0.15) is 20.8 Å². The number of carbonyl (C=O) groups is 2. The maximum Gasteiger partial charge on any atom is 0.337 e. The minimum Gasteiger partial charge on any atom is -0.478 e. The van der Waals surface area contributed by atoms with Crippen LogP contribution in [0.15, 0.2) is 87.1 Å². The molecule has 0 bridgehead atoms. The Balaban J connectivity index is 1.74. The van der Waals surface area contributed by atoms with Gasteiger partial charge in [0.25, 0.3) is 5.91 Å². The largest absolute Gasteiger partial charge is 0.478 e. The van der Waals surface area contributed by atoms with Crippen LogP contribution in [-0.4, -0.2) is 30.4 Å². The molecule has 4 rings (SSSR count). The highest BCUT2D eigenvalue weighted by molar-refractivity contribution is 9.10. The van der Waals surface area contributed by atoms with E-state index in [1.54, 1.807) is 36.4 Å². The highest BCUT2D eigenvalue weighted by atomic mass is 79.9. The lowest BCUT2D eigenvalue weighted by Crippen LogP contribution is -2.15. The third-order valence-electron chi connectivity index (χ3n) is 4.67. The van der Waals surface area contributed by atoms with E-state index in [1.165, 1.54) is 36.4 Å². The van der Waals surface area contributed by atoms with Gasteiger partial charge in [0.05, 0.1) is 26.6 Å². The Hall–Kier alpha value is -3.43. The van der Waals surface area contributed by atoms with Crippen molar-refractivity contribution >= 4 is 54.2 Å². The molecule has 0 aliphatic heterocycles. The van der Waals surface area contributed by atoms with Crippen molar-refractivity contribution in [2.45, 2.75) is 9.79 Å². The maximum atomic E-state index is 13.1. The quantitative estimate of drug-likeness (QED) is 0.368. The minimum absolute atomic E-state index is 0.0464. The number of halogens is 1. The summed E-state index contributed by atoms with van der Waals surface area (Å²) in [5.41, 5.74) is 0.443. The van der Waals surface area contributed by atoms with E-state index >= 15 is 0 Å². The maximum absolute atomic E-state index is 13.1. The van der Waals surface area contributed by atoms with Gasteiger partial charge in [0.2, 0.25) is 9.84 Å². The molecule has 0 saturated carbocycles. The van der Waals surface area contributed by atoms with Crippen LogP contribution in [0.2, 0.25) is 0 Å². The molecule has 3 aromatic carbocycles. The molecule has 9 heteroatoms. The van der Waals surface area contributed by atoms with Gasteiger partial charge in [-0.25, -0.2) is 13.2 Å². The molecule has 4 aromatic rings. The van der Waals surface area contributed by atoms with Crippen LogP contribution in [0.4, 0.5) is 5.69 Å². The SMILES string of the molecule is O=C(Nc1ccc(Br)cc1C(=O)O)c1cc2cccc(S(=O)(=O)c3ccccc3)c2[nH]1. The number of carboxylic acids is 1. The fourth-order valence-electron chi connectivity index (χ4n) is 3.19. The van der Waals surface area contributed by atoms with Crippen LogP contribution in [0, 0.1) is 0 Å². The summed E-state index contributed by atoms with van der Waals surface area (Å²) >= 11 is 3.21. The number of fused-ring (bicyclic) bond motifs is 1. The summed E-state index contributed by atoms with van der Waals surface area (Å²) in [6.45, 7) is 0. The van der Waals surface area contributed by atoms with E-state index in [9.17, 15) is 23.1 Å². The topological polar surface area (TPSA) is 116 Å². The molecule has 0 aliphatic carbocycles. The van der Waals surface area contributed by atoms with E-state index in [2.05, 4.69) is 26.2 Å². The Labute approximate surface area is 185 Å². The van der Waals surface area contributed by atoms with Crippen LogP contribution >= 0.6 is 15.9 Å². The highest BCUT2D eigenvalue weighted by Crippen LogP contribution is 2.29. The van der Waals surface area contributed by atoms with Gasteiger partial charge < -0.3 is 15.4 Å². The molecule has 0 radical (unpaired) electrons. The van der Waals surface area contributed by atoms with Gasteiger partial charge in [-0.1, -0.05) is 46.3 Å². The zero-order valence-corrected chi connectivity index (χ0v) is 18.2. The number of carboxylic acid groups (broad SMARTS) is 1. The molecule has 0 fully saturated rings. The number of H-pyrrole nitrogens is 1. The van der Waals surface area contributed by atoms with Gasteiger partial charge in [-0.3, -0.25) is 4.79 Å². The number of aromatic amines is 1. The van der Waals surface area contributed by atoms with E-state index in [1.807, 2.05) is 0 Å². The van der Waals surface area contributed by atoms with Crippen LogP contribution in [0.3, 0.4) is 0 Å². The number of para-hydroxylation sites is 1. The van der Waals surface area contributed by atoms with Gasteiger partial charge >= 0.3 is 5.97 Å². The van der Waals surface area contributed by atoms with Gasteiger partial charge in [0, 0.05) is 9.86 Å². The number of carbonyl (C=O) groups excluding carboxylic acids is 1. The van der Waals surface area contributed by atoms with Gasteiger partial charge in [0.1, 0.15) is 5.69 Å². The second-order valence-corrected chi connectivity index (χ2v) is 9.50. The zero-order chi connectivity index (χ0) is 22.2. The summed E-state index contributed by atoms with van der Waals surface area (Å²) in [5, 5.41) is 12.5. The Morgan fingerprint density at radius 3 is 2.39 bits per heavy atom. The lowest BCUT2D eigenvalue weighted by Gasteiger charge is -2.08. The van der Waals surface area contributed by atoms with Crippen molar-refractivity contribution in [3.63, 3.8) is 0 Å². The molecular weight excluding hydrogens is 484 g/mol. The molecule has 0 saturated heterocycles. The fraction of sp³-hybridized carbons (Fsp3) is 0. The summed E-state index contributed by atoms with van der Waals surface area (Å²) in [6, 6.07) is 18.8. The normalized spacial score (nSPS) is 11.4. The molecule has 0 spiro atoms.